The quantitative estimate of drug-likeness (QED) is 0.752. The lowest BCUT2D eigenvalue weighted by Crippen LogP contribution is -2.29. The number of rotatable bonds is 7. The van der Waals surface area contributed by atoms with Gasteiger partial charge < -0.3 is 15.8 Å². The molecule has 0 saturated carbocycles. The summed E-state index contributed by atoms with van der Waals surface area (Å²) >= 11 is 0. The molecule has 1 aromatic carbocycles. The van der Waals surface area contributed by atoms with Crippen molar-refractivity contribution in [2.75, 3.05) is 25.6 Å². The number of hydrogen-bond acceptors (Lipinski definition) is 6. The molecular formula is C12H18N6O. The van der Waals surface area contributed by atoms with Crippen molar-refractivity contribution in [1.29, 1.82) is 0 Å². The van der Waals surface area contributed by atoms with Gasteiger partial charge in [-0.2, -0.15) is 4.68 Å². The van der Waals surface area contributed by atoms with Crippen LogP contribution in [0.4, 0.5) is 5.95 Å². The third-order valence-corrected chi connectivity index (χ3v) is 2.69. The van der Waals surface area contributed by atoms with Crippen molar-refractivity contribution in [3.8, 4) is 5.69 Å². The zero-order valence-corrected chi connectivity index (χ0v) is 10.9. The second-order valence-corrected chi connectivity index (χ2v) is 4.12. The number of hydrogen-bond donors (Lipinski definition) is 2. The number of benzene rings is 1. The van der Waals surface area contributed by atoms with Gasteiger partial charge in [0, 0.05) is 7.11 Å². The van der Waals surface area contributed by atoms with Crippen molar-refractivity contribution in [3.05, 3.63) is 30.3 Å². The van der Waals surface area contributed by atoms with Crippen LogP contribution in [0.3, 0.4) is 0 Å². The third-order valence-electron chi connectivity index (χ3n) is 2.69. The maximum Gasteiger partial charge on any atom is 0.248 e. The highest BCUT2D eigenvalue weighted by Crippen LogP contribution is 2.12. The van der Waals surface area contributed by atoms with Crippen LogP contribution >= 0.6 is 0 Å². The lowest BCUT2D eigenvalue weighted by Gasteiger charge is -2.17. The molecule has 1 heterocycles. The molecule has 0 aliphatic heterocycles. The normalized spacial score (nSPS) is 12.3. The zero-order valence-electron chi connectivity index (χ0n) is 10.9. The number of tetrazole rings is 1. The molecule has 7 heteroatoms. The number of nitrogens with zero attached hydrogens (tertiary/aromatic N) is 4. The van der Waals surface area contributed by atoms with E-state index in [1.807, 2.05) is 30.3 Å². The predicted octanol–water partition coefficient (Wildman–Crippen LogP) is 0.438. The summed E-state index contributed by atoms with van der Waals surface area (Å²) in [5.41, 5.74) is 6.49. The second kappa shape index (κ2) is 6.81. The first-order chi connectivity index (χ1) is 9.35. The Bertz CT molecular complexity index is 480. The molecule has 2 aromatic rings. The van der Waals surface area contributed by atoms with E-state index in [9.17, 15) is 0 Å². The number of para-hydroxylation sites is 1. The Kier molecular flexibility index (Phi) is 4.82. The van der Waals surface area contributed by atoms with Gasteiger partial charge in [0.15, 0.2) is 0 Å². The van der Waals surface area contributed by atoms with Crippen molar-refractivity contribution in [1.82, 2.24) is 20.2 Å². The summed E-state index contributed by atoms with van der Waals surface area (Å²) in [7, 11) is 1.66. The van der Waals surface area contributed by atoms with Crippen molar-refractivity contribution in [2.45, 2.75) is 12.5 Å². The minimum atomic E-state index is 0.0865. The van der Waals surface area contributed by atoms with Crippen LogP contribution in [-0.2, 0) is 4.74 Å². The number of anilines is 1. The topological polar surface area (TPSA) is 90.9 Å². The Balaban J connectivity index is 2.15. The van der Waals surface area contributed by atoms with Crippen LogP contribution in [0.15, 0.2) is 30.3 Å². The van der Waals surface area contributed by atoms with Gasteiger partial charge in [0.05, 0.1) is 18.3 Å². The van der Waals surface area contributed by atoms with Crippen molar-refractivity contribution >= 4 is 5.95 Å². The molecule has 0 fully saturated rings. The highest BCUT2D eigenvalue weighted by molar-refractivity contribution is 5.38. The molecule has 102 valence electrons. The smallest absolute Gasteiger partial charge is 0.248 e. The van der Waals surface area contributed by atoms with E-state index in [-0.39, 0.29) is 6.04 Å². The monoisotopic (exact) mass is 262 g/mol. The van der Waals surface area contributed by atoms with E-state index < -0.39 is 0 Å². The Morgan fingerprint density at radius 2 is 2.16 bits per heavy atom. The summed E-state index contributed by atoms with van der Waals surface area (Å²) in [6.07, 6.45) is 0.787. The van der Waals surface area contributed by atoms with E-state index in [1.165, 1.54) is 0 Å². The van der Waals surface area contributed by atoms with Gasteiger partial charge in [-0.15, -0.1) is 0 Å². The fourth-order valence-corrected chi connectivity index (χ4v) is 1.80. The molecule has 0 aliphatic carbocycles. The van der Waals surface area contributed by atoms with E-state index in [4.69, 9.17) is 10.5 Å². The van der Waals surface area contributed by atoms with E-state index in [2.05, 4.69) is 20.8 Å². The summed E-state index contributed by atoms with van der Waals surface area (Å²) in [4.78, 5) is 0. The summed E-state index contributed by atoms with van der Waals surface area (Å²) in [6, 6.07) is 9.79. The minimum absolute atomic E-state index is 0.0865. The lowest BCUT2D eigenvalue weighted by atomic mass is 10.2. The predicted molar refractivity (Wildman–Crippen MR) is 72.1 cm³/mol. The van der Waals surface area contributed by atoms with Gasteiger partial charge >= 0.3 is 0 Å². The van der Waals surface area contributed by atoms with Crippen LogP contribution in [0.2, 0.25) is 0 Å². The van der Waals surface area contributed by atoms with Gasteiger partial charge in [0.25, 0.3) is 0 Å². The fourth-order valence-electron chi connectivity index (χ4n) is 1.80. The first-order valence-electron chi connectivity index (χ1n) is 6.14. The van der Waals surface area contributed by atoms with Crippen molar-refractivity contribution in [2.24, 2.45) is 5.73 Å². The highest BCUT2D eigenvalue weighted by Gasteiger charge is 2.13. The lowest BCUT2D eigenvalue weighted by molar-refractivity contribution is 0.183. The van der Waals surface area contributed by atoms with Crippen molar-refractivity contribution < 1.29 is 4.74 Å². The molecular weight excluding hydrogens is 244 g/mol. The Morgan fingerprint density at radius 1 is 1.37 bits per heavy atom. The molecule has 1 unspecified atom stereocenters. The molecule has 0 radical (unpaired) electrons. The number of methoxy groups -OCH3 is 1. The van der Waals surface area contributed by atoms with Crippen molar-refractivity contribution in [3.63, 3.8) is 0 Å². The summed E-state index contributed by atoms with van der Waals surface area (Å²) in [6.45, 7) is 1.13. The fraction of sp³-hybridized carbons (Fsp3) is 0.417. The zero-order chi connectivity index (χ0) is 13.5. The van der Waals surface area contributed by atoms with Crippen LogP contribution in [-0.4, -0.2) is 46.5 Å². The minimum Gasteiger partial charge on any atom is -0.383 e. The van der Waals surface area contributed by atoms with Crippen LogP contribution in [0.5, 0.6) is 0 Å². The SMILES string of the molecule is COCC(CCN)Nc1nnnn1-c1ccccc1. The number of aromatic nitrogens is 4. The van der Waals surface area contributed by atoms with Crippen LogP contribution in [0.25, 0.3) is 5.69 Å². The van der Waals surface area contributed by atoms with Crippen LogP contribution in [0.1, 0.15) is 6.42 Å². The van der Waals surface area contributed by atoms with Gasteiger partial charge in [-0.1, -0.05) is 23.3 Å². The van der Waals surface area contributed by atoms with Gasteiger partial charge in [-0.05, 0) is 35.5 Å². The molecule has 1 aromatic heterocycles. The molecule has 0 saturated heterocycles. The van der Waals surface area contributed by atoms with Gasteiger partial charge in [-0.3, -0.25) is 0 Å². The molecule has 1 atom stereocenters. The number of ether oxygens (including phenoxy) is 1. The summed E-state index contributed by atoms with van der Waals surface area (Å²) in [5, 5.41) is 14.9. The van der Waals surface area contributed by atoms with Crippen LogP contribution in [0, 0.1) is 0 Å². The van der Waals surface area contributed by atoms with E-state index >= 15 is 0 Å². The molecule has 0 spiro atoms. The van der Waals surface area contributed by atoms with Crippen LogP contribution < -0.4 is 11.1 Å². The molecule has 19 heavy (non-hydrogen) atoms. The standard InChI is InChI=1S/C12H18N6O/c1-19-9-10(7-8-13)14-12-15-16-17-18(12)11-5-3-2-4-6-11/h2-6,10H,7-9,13H2,1H3,(H,14,15,17). The first-order valence-corrected chi connectivity index (χ1v) is 6.14. The number of nitrogens with two attached hydrogens (primary N) is 1. The Labute approximate surface area is 111 Å². The van der Waals surface area contributed by atoms with Gasteiger partial charge in [0.2, 0.25) is 5.95 Å². The van der Waals surface area contributed by atoms with Gasteiger partial charge in [-0.25, -0.2) is 0 Å². The molecule has 2 rings (SSSR count). The third kappa shape index (κ3) is 3.49. The second-order valence-electron chi connectivity index (χ2n) is 4.12. The summed E-state index contributed by atoms with van der Waals surface area (Å²) < 4.78 is 6.81. The average molecular weight is 262 g/mol. The summed E-state index contributed by atoms with van der Waals surface area (Å²) in [5.74, 6) is 0.585. The Hall–Kier alpha value is -1.99. The largest absolute Gasteiger partial charge is 0.383 e. The maximum atomic E-state index is 5.58. The molecule has 0 aliphatic rings. The molecule has 7 nitrogen and oxygen atoms in total. The first kappa shape index (κ1) is 13.4. The highest BCUT2D eigenvalue weighted by atomic mass is 16.5. The van der Waals surface area contributed by atoms with Gasteiger partial charge in [0.1, 0.15) is 0 Å². The van der Waals surface area contributed by atoms with E-state index in [1.54, 1.807) is 11.8 Å². The molecule has 3 N–H and O–H groups in total. The Morgan fingerprint density at radius 3 is 2.84 bits per heavy atom. The van der Waals surface area contributed by atoms with E-state index in [0.29, 0.717) is 19.1 Å². The average Bonchev–Trinajstić information content (AvgIpc) is 2.88. The number of nitrogens with one attached hydrogen (secondary N) is 1. The molecule has 0 bridgehead atoms. The van der Waals surface area contributed by atoms with E-state index in [0.717, 1.165) is 12.1 Å². The maximum absolute atomic E-state index is 5.58. The molecule has 0 amide bonds.